The summed E-state index contributed by atoms with van der Waals surface area (Å²) in [5.74, 6) is -0.830. The van der Waals surface area contributed by atoms with Crippen LogP contribution in [0.15, 0.2) is 11.6 Å². The van der Waals surface area contributed by atoms with Gasteiger partial charge in [0.05, 0.1) is 35.4 Å². The van der Waals surface area contributed by atoms with Crippen molar-refractivity contribution >= 4 is 12.3 Å². The van der Waals surface area contributed by atoms with E-state index >= 15 is 0 Å². The Morgan fingerprint density at radius 1 is 0.860 bits per heavy atom. The lowest BCUT2D eigenvalue weighted by atomic mass is 9.41. The Morgan fingerprint density at radius 2 is 1.56 bits per heavy atom. The van der Waals surface area contributed by atoms with Crippen LogP contribution in [0.25, 0.3) is 0 Å². The van der Waals surface area contributed by atoms with Crippen LogP contribution in [0, 0.1) is 28.6 Å². The molecular weight excluding hydrogens is 660 g/mol. The summed E-state index contributed by atoms with van der Waals surface area (Å²) >= 11 is 0. The number of aliphatic hydroxyl groups excluding tert-OH is 6. The normalized spacial score (nSPS) is 55.0. The van der Waals surface area contributed by atoms with Gasteiger partial charge in [-0.25, -0.2) is 4.79 Å². The van der Waals surface area contributed by atoms with Gasteiger partial charge in [-0.1, -0.05) is 6.92 Å². The first-order valence-electron chi connectivity index (χ1n) is 18.0. The molecule has 4 aliphatic carbocycles. The van der Waals surface area contributed by atoms with Crippen LogP contribution in [0.3, 0.4) is 0 Å². The van der Waals surface area contributed by atoms with Crippen molar-refractivity contribution in [3.05, 3.63) is 11.6 Å². The number of carbonyl (C=O) groups is 2. The maximum atomic E-state index is 13.2. The molecule has 3 aliphatic heterocycles. The number of carbonyl (C=O) groups excluding carboxylic acids is 2. The third kappa shape index (κ3) is 5.37. The lowest BCUT2D eigenvalue weighted by Gasteiger charge is -2.65. The van der Waals surface area contributed by atoms with Crippen molar-refractivity contribution in [2.45, 2.75) is 150 Å². The quantitative estimate of drug-likeness (QED) is 0.0858. The molecule has 0 unspecified atom stereocenters. The van der Waals surface area contributed by atoms with Crippen molar-refractivity contribution in [2.24, 2.45) is 28.6 Å². The number of aliphatic hydroxyl groups is 8. The molecule has 18 atom stereocenters. The summed E-state index contributed by atoms with van der Waals surface area (Å²) in [6.45, 7) is 3.22. The zero-order chi connectivity index (χ0) is 36.0. The van der Waals surface area contributed by atoms with Gasteiger partial charge in [0.2, 0.25) is 0 Å². The van der Waals surface area contributed by atoms with Crippen LogP contribution >= 0.6 is 0 Å². The van der Waals surface area contributed by atoms with Crippen molar-refractivity contribution < 1.29 is 74.1 Å². The summed E-state index contributed by atoms with van der Waals surface area (Å²) in [6.07, 6.45) is -8.63. The molecule has 0 aromatic carbocycles. The first kappa shape index (κ1) is 36.7. The van der Waals surface area contributed by atoms with Crippen molar-refractivity contribution in [1.82, 2.24) is 0 Å². The van der Waals surface area contributed by atoms with E-state index in [2.05, 4.69) is 6.92 Å². The second-order valence-corrected chi connectivity index (χ2v) is 16.2. The van der Waals surface area contributed by atoms with Crippen molar-refractivity contribution in [3.8, 4) is 0 Å². The van der Waals surface area contributed by atoms with Gasteiger partial charge in [0.15, 0.2) is 12.6 Å². The standard InChI is InChI=1S/C35H52O15/c1-16-29(50-31-27(42)25(40)24(39)22(13-36)49-31)26(41)28(43)30(47-16)48-18-3-8-33(15-37)20-4-7-32(2)19(17-11-23(38)46-14-17)6-10-35(32,45)21(20)5-9-34(33,44)12-18/h11,15-16,18-22,24-31,36,39-45H,3-10,12-14H2,1-2H3/t16-,18-,19+,20-,21+,22+,24+,25-,26-,27+,28+,29+,30-,31+,32+,33-,34-,35-/m0/s1. The second kappa shape index (κ2) is 13.1. The zero-order valence-corrected chi connectivity index (χ0v) is 28.5. The van der Waals surface area contributed by atoms with E-state index in [0.29, 0.717) is 38.5 Å². The third-order valence-corrected chi connectivity index (χ3v) is 14.1. The average molecular weight is 713 g/mol. The molecule has 6 fully saturated rings. The Morgan fingerprint density at radius 3 is 2.24 bits per heavy atom. The van der Waals surface area contributed by atoms with Gasteiger partial charge >= 0.3 is 5.97 Å². The lowest BCUT2D eigenvalue weighted by molar-refractivity contribution is -0.361. The summed E-state index contributed by atoms with van der Waals surface area (Å²) in [5, 5.41) is 87.0. The highest BCUT2D eigenvalue weighted by Gasteiger charge is 2.71. The minimum atomic E-state index is -1.71. The number of fused-ring (bicyclic) bond motifs is 5. The van der Waals surface area contributed by atoms with E-state index in [0.717, 1.165) is 18.3 Å². The van der Waals surface area contributed by atoms with Crippen LogP contribution in [-0.2, 0) is 33.3 Å². The molecule has 8 N–H and O–H groups in total. The third-order valence-electron chi connectivity index (χ3n) is 14.1. The van der Waals surface area contributed by atoms with Gasteiger partial charge in [0.25, 0.3) is 0 Å². The zero-order valence-electron chi connectivity index (χ0n) is 28.5. The molecule has 0 amide bonds. The molecule has 7 aliphatic rings. The number of cyclic esters (lactones) is 1. The number of rotatable bonds is 7. The summed E-state index contributed by atoms with van der Waals surface area (Å²) in [4.78, 5) is 25.1. The lowest BCUT2D eigenvalue weighted by Crippen LogP contribution is -2.69. The molecule has 50 heavy (non-hydrogen) atoms. The molecule has 0 spiro atoms. The maximum Gasteiger partial charge on any atom is 0.331 e. The van der Waals surface area contributed by atoms with Crippen LogP contribution < -0.4 is 0 Å². The van der Waals surface area contributed by atoms with Crippen LogP contribution in [0.2, 0.25) is 0 Å². The molecule has 3 heterocycles. The Balaban J connectivity index is 1.02. The van der Waals surface area contributed by atoms with Gasteiger partial charge < -0.3 is 69.3 Å². The summed E-state index contributed by atoms with van der Waals surface area (Å²) in [5.41, 5.74) is -3.20. The summed E-state index contributed by atoms with van der Waals surface area (Å²) in [6, 6.07) is 0. The van der Waals surface area contributed by atoms with Crippen molar-refractivity contribution in [2.75, 3.05) is 13.2 Å². The van der Waals surface area contributed by atoms with E-state index in [9.17, 15) is 50.4 Å². The molecule has 0 bridgehead atoms. The van der Waals surface area contributed by atoms with Crippen LogP contribution in [0.4, 0.5) is 0 Å². The van der Waals surface area contributed by atoms with E-state index in [-0.39, 0.29) is 43.2 Å². The molecule has 4 saturated carbocycles. The smallest absolute Gasteiger partial charge is 0.331 e. The van der Waals surface area contributed by atoms with Gasteiger partial charge in [-0.15, -0.1) is 0 Å². The Hall–Kier alpha value is -1.60. The summed E-state index contributed by atoms with van der Waals surface area (Å²) in [7, 11) is 0. The Labute approximate surface area is 290 Å². The van der Waals surface area contributed by atoms with E-state index in [1.54, 1.807) is 13.0 Å². The van der Waals surface area contributed by atoms with Crippen LogP contribution in [-0.4, -0.2) is 145 Å². The van der Waals surface area contributed by atoms with Crippen LogP contribution in [0.1, 0.15) is 71.6 Å². The van der Waals surface area contributed by atoms with E-state index < -0.39 is 96.2 Å². The summed E-state index contributed by atoms with van der Waals surface area (Å²) < 4.78 is 28.4. The minimum absolute atomic E-state index is 0.00102. The number of aldehydes is 1. The second-order valence-electron chi connectivity index (χ2n) is 16.2. The fourth-order valence-electron chi connectivity index (χ4n) is 11.3. The van der Waals surface area contributed by atoms with E-state index in [1.165, 1.54) is 0 Å². The van der Waals surface area contributed by atoms with Gasteiger partial charge in [-0.2, -0.15) is 0 Å². The van der Waals surface area contributed by atoms with E-state index in [4.69, 9.17) is 23.7 Å². The number of hydrogen-bond acceptors (Lipinski definition) is 15. The highest BCUT2D eigenvalue weighted by Crippen LogP contribution is 2.70. The average Bonchev–Trinajstić information content (AvgIpc) is 3.64. The number of esters is 1. The number of ether oxygens (including phenoxy) is 5. The topological polar surface area (TPSA) is 242 Å². The van der Waals surface area contributed by atoms with Crippen molar-refractivity contribution in [1.29, 1.82) is 0 Å². The van der Waals surface area contributed by atoms with Gasteiger partial charge in [-0.3, -0.25) is 0 Å². The first-order chi connectivity index (χ1) is 23.6. The fraction of sp³-hybridized carbons (Fsp3) is 0.886. The monoisotopic (exact) mass is 712 g/mol. The molecular formula is C35H52O15. The van der Waals surface area contributed by atoms with Crippen molar-refractivity contribution in [3.63, 3.8) is 0 Å². The fourth-order valence-corrected chi connectivity index (χ4v) is 11.3. The maximum absolute atomic E-state index is 13.2. The molecule has 0 aromatic heterocycles. The predicted octanol–water partition coefficient (Wildman–Crippen LogP) is -1.43. The number of hydrogen-bond donors (Lipinski definition) is 8. The van der Waals surface area contributed by atoms with Gasteiger partial charge in [-0.05, 0) is 81.6 Å². The van der Waals surface area contributed by atoms with Gasteiger partial charge in [0.1, 0.15) is 55.6 Å². The molecule has 282 valence electrons. The Bertz CT molecular complexity index is 1340. The molecule has 2 saturated heterocycles. The van der Waals surface area contributed by atoms with E-state index in [1.807, 2.05) is 0 Å². The molecule has 0 aromatic rings. The molecule has 0 radical (unpaired) electrons. The largest absolute Gasteiger partial charge is 0.458 e. The molecule has 15 heteroatoms. The molecule has 15 nitrogen and oxygen atoms in total. The highest BCUT2D eigenvalue weighted by atomic mass is 16.7. The first-order valence-corrected chi connectivity index (χ1v) is 18.0. The Kier molecular flexibility index (Phi) is 9.60. The van der Waals surface area contributed by atoms with Crippen LogP contribution in [0.5, 0.6) is 0 Å². The minimum Gasteiger partial charge on any atom is -0.458 e. The SMILES string of the molecule is C[C@@H]1O[C@@H](O[C@H]2CC[C@]3(C=O)[C@H]4CC[C@]5(C)[C@@H](C6=CC(=O)OC6)CC[C@]5(O)[C@@H]4CC[C@]3(O)C2)[C@H](O)[C@H](O)[C@@H]1O[C@H]1O[C@H](CO)[C@@H](O)[C@H](O)[C@H]1O. The molecule has 7 rings (SSSR count). The predicted molar refractivity (Wildman–Crippen MR) is 167 cm³/mol. The highest BCUT2D eigenvalue weighted by molar-refractivity contribution is 5.85. The van der Waals surface area contributed by atoms with Gasteiger partial charge in [0, 0.05) is 17.9 Å².